The van der Waals surface area contributed by atoms with Gasteiger partial charge < -0.3 is 15.0 Å². The molecule has 2 aliphatic heterocycles. The second kappa shape index (κ2) is 8.60. The summed E-state index contributed by atoms with van der Waals surface area (Å²) in [6.45, 7) is 2.84. The predicted octanol–water partition coefficient (Wildman–Crippen LogP) is 2.71. The lowest BCUT2D eigenvalue weighted by Crippen LogP contribution is -2.50. The maximum absolute atomic E-state index is 13.1. The molecular formula is C21H22BrN3O5S. The van der Waals surface area contributed by atoms with E-state index in [1.165, 1.54) is 16.4 Å². The maximum atomic E-state index is 13.1. The molecule has 0 spiro atoms. The van der Waals surface area contributed by atoms with E-state index in [0.29, 0.717) is 36.5 Å². The molecule has 0 aromatic heterocycles. The van der Waals surface area contributed by atoms with Crippen LogP contribution < -0.4 is 10.1 Å². The second-order valence-corrected chi connectivity index (χ2v) is 10.2. The molecule has 0 bridgehead atoms. The molecule has 2 aromatic carbocycles. The average Bonchev–Trinajstić information content (AvgIpc) is 2.78. The van der Waals surface area contributed by atoms with Crippen molar-refractivity contribution in [1.29, 1.82) is 0 Å². The van der Waals surface area contributed by atoms with Crippen molar-refractivity contribution in [2.45, 2.75) is 24.3 Å². The van der Waals surface area contributed by atoms with Gasteiger partial charge in [-0.15, -0.1) is 0 Å². The number of hydrogen-bond donors (Lipinski definition) is 1. The summed E-state index contributed by atoms with van der Waals surface area (Å²) in [5.74, 6) is 0.0450. The van der Waals surface area contributed by atoms with Crippen LogP contribution in [0.1, 0.15) is 23.7 Å². The monoisotopic (exact) mass is 507 g/mol. The lowest BCUT2D eigenvalue weighted by atomic mass is 10.2. The highest BCUT2D eigenvalue weighted by Crippen LogP contribution is 2.33. The Kier molecular flexibility index (Phi) is 6.05. The Bertz CT molecular complexity index is 1110. The Balaban J connectivity index is 1.46. The number of carbonyl (C=O) groups is 2. The largest absolute Gasteiger partial charge is 0.478 e. The number of piperazine rings is 1. The topological polar surface area (TPSA) is 96.0 Å². The molecule has 2 aromatic rings. The summed E-state index contributed by atoms with van der Waals surface area (Å²) in [7, 11) is -3.77. The van der Waals surface area contributed by atoms with Crippen LogP contribution in [0.5, 0.6) is 5.75 Å². The summed E-state index contributed by atoms with van der Waals surface area (Å²) in [5, 5.41) is 2.72. The summed E-state index contributed by atoms with van der Waals surface area (Å²) < 4.78 is 34.1. The lowest BCUT2D eigenvalue weighted by molar-refractivity contribution is -0.123. The maximum Gasteiger partial charge on any atom is 0.265 e. The van der Waals surface area contributed by atoms with E-state index in [4.69, 9.17) is 4.74 Å². The SMILES string of the molecule is CC[C@@H]1Oc2ccc(S(=O)(=O)N3CCN(C(=O)c4ccc(Br)cc4)CC3)cc2NC1=O. The number of sulfonamides is 1. The van der Waals surface area contributed by atoms with Crippen LogP contribution in [0.3, 0.4) is 0 Å². The van der Waals surface area contributed by atoms with E-state index in [2.05, 4.69) is 21.2 Å². The smallest absolute Gasteiger partial charge is 0.265 e. The van der Waals surface area contributed by atoms with Gasteiger partial charge in [0.25, 0.3) is 11.8 Å². The molecule has 31 heavy (non-hydrogen) atoms. The summed E-state index contributed by atoms with van der Waals surface area (Å²) in [6.07, 6.45) is -0.0551. The number of nitrogens with one attached hydrogen (secondary N) is 1. The second-order valence-electron chi connectivity index (χ2n) is 7.37. The predicted molar refractivity (Wildman–Crippen MR) is 119 cm³/mol. The van der Waals surface area contributed by atoms with Crippen LogP contribution in [0.15, 0.2) is 51.8 Å². The van der Waals surface area contributed by atoms with E-state index in [1.54, 1.807) is 35.2 Å². The number of nitrogens with zero attached hydrogens (tertiary/aromatic N) is 2. The van der Waals surface area contributed by atoms with Crippen molar-refractivity contribution in [3.63, 3.8) is 0 Å². The van der Waals surface area contributed by atoms with E-state index in [1.807, 2.05) is 6.92 Å². The molecule has 0 saturated carbocycles. The molecule has 1 N–H and O–H groups in total. The van der Waals surface area contributed by atoms with Crippen molar-refractivity contribution >= 4 is 43.5 Å². The number of anilines is 1. The molecular weight excluding hydrogens is 486 g/mol. The third-order valence-electron chi connectivity index (χ3n) is 5.40. The normalized spacial score (nSPS) is 19.4. The van der Waals surface area contributed by atoms with Crippen LogP contribution in [0.4, 0.5) is 5.69 Å². The number of amides is 2. The quantitative estimate of drug-likeness (QED) is 0.686. The third kappa shape index (κ3) is 4.32. The van der Waals surface area contributed by atoms with Gasteiger partial charge in [-0.2, -0.15) is 4.31 Å². The Morgan fingerprint density at radius 1 is 1.13 bits per heavy atom. The first kappa shape index (κ1) is 21.8. The molecule has 0 aliphatic carbocycles. The van der Waals surface area contributed by atoms with E-state index < -0.39 is 16.1 Å². The number of benzene rings is 2. The summed E-state index contributed by atoms with van der Waals surface area (Å²) >= 11 is 3.35. The van der Waals surface area contributed by atoms with Gasteiger partial charge in [0.15, 0.2) is 6.10 Å². The van der Waals surface area contributed by atoms with Gasteiger partial charge in [-0.25, -0.2) is 8.42 Å². The van der Waals surface area contributed by atoms with E-state index in [9.17, 15) is 18.0 Å². The number of ether oxygens (including phenoxy) is 1. The standard InChI is InChI=1S/C21H22BrN3O5S/c1-2-18-20(26)23-17-13-16(7-8-19(17)30-18)31(28,29)25-11-9-24(10-12-25)21(27)14-3-5-15(22)6-4-14/h3-8,13,18H,2,9-12H2,1H3,(H,23,26)/t18-/m0/s1. The summed E-state index contributed by atoms with van der Waals surface area (Å²) in [5.41, 5.74) is 0.912. The molecule has 0 unspecified atom stereocenters. The fourth-order valence-electron chi connectivity index (χ4n) is 3.61. The minimum Gasteiger partial charge on any atom is -0.478 e. The minimum absolute atomic E-state index is 0.0813. The fraction of sp³-hybridized carbons (Fsp3) is 0.333. The van der Waals surface area contributed by atoms with Gasteiger partial charge in [-0.1, -0.05) is 22.9 Å². The van der Waals surface area contributed by atoms with E-state index in [0.717, 1.165) is 4.47 Å². The zero-order chi connectivity index (χ0) is 22.2. The van der Waals surface area contributed by atoms with Gasteiger partial charge in [0.1, 0.15) is 5.75 Å². The van der Waals surface area contributed by atoms with Crippen molar-refractivity contribution in [1.82, 2.24) is 9.21 Å². The molecule has 1 atom stereocenters. The van der Waals surface area contributed by atoms with Gasteiger partial charge in [0.05, 0.1) is 10.6 Å². The number of rotatable bonds is 4. The van der Waals surface area contributed by atoms with Crippen molar-refractivity contribution < 1.29 is 22.7 Å². The average molecular weight is 508 g/mol. The lowest BCUT2D eigenvalue weighted by Gasteiger charge is -2.34. The van der Waals surface area contributed by atoms with Gasteiger partial charge in [0.2, 0.25) is 10.0 Å². The number of fused-ring (bicyclic) bond motifs is 1. The highest BCUT2D eigenvalue weighted by atomic mass is 79.9. The molecule has 2 amide bonds. The molecule has 8 nitrogen and oxygen atoms in total. The number of carbonyl (C=O) groups excluding carboxylic acids is 2. The first-order valence-corrected chi connectivity index (χ1v) is 12.2. The van der Waals surface area contributed by atoms with E-state index >= 15 is 0 Å². The summed E-state index contributed by atoms with van der Waals surface area (Å²) in [6, 6.07) is 11.6. The van der Waals surface area contributed by atoms with Crippen molar-refractivity contribution in [2.75, 3.05) is 31.5 Å². The van der Waals surface area contributed by atoms with Crippen LogP contribution in [0, 0.1) is 0 Å². The minimum atomic E-state index is -3.77. The van der Waals surface area contributed by atoms with Crippen LogP contribution in [-0.4, -0.2) is 61.7 Å². The van der Waals surface area contributed by atoms with Crippen molar-refractivity contribution in [3.8, 4) is 5.75 Å². The third-order valence-corrected chi connectivity index (χ3v) is 7.82. The first-order valence-electron chi connectivity index (χ1n) is 9.96. The highest BCUT2D eigenvalue weighted by molar-refractivity contribution is 9.10. The van der Waals surface area contributed by atoms with Crippen LogP contribution in [0.2, 0.25) is 0 Å². The molecule has 2 aliphatic rings. The van der Waals surface area contributed by atoms with Crippen LogP contribution in [0.25, 0.3) is 0 Å². The number of hydrogen-bond acceptors (Lipinski definition) is 5. The Morgan fingerprint density at radius 2 is 1.81 bits per heavy atom. The number of halogens is 1. The zero-order valence-electron chi connectivity index (χ0n) is 16.9. The Labute approximate surface area is 189 Å². The first-order chi connectivity index (χ1) is 14.8. The Morgan fingerprint density at radius 3 is 2.45 bits per heavy atom. The van der Waals surface area contributed by atoms with Crippen molar-refractivity contribution in [3.05, 3.63) is 52.5 Å². The molecule has 10 heteroatoms. The van der Waals surface area contributed by atoms with Gasteiger partial charge in [0, 0.05) is 36.2 Å². The van der Waals surface area contributed by atoms with Gasteiger partial charge in [-0.05, 0) is 48.9 Å². The molecule has 1 fully saturated rings. The molecule has 4 rings (SSSR count). The van der Waals surface area contributed by atoms with Crippen LogP contribution in [-0.2, 0) is 14.8 Å². The zero-order valence-corrected chi connectivity index (χ0v) is 19.3. The van der Waals surface area contributed by atoms with Crippen LogP contribution >= 0.6 is 15.9 Å². The van der Waals surface area contributed by atoms with Gasteiger partial charge in [-0.3, -0.25) is 9.59 Å². The molecule has 164 valence electrons. The van der Waals surface area contributed by atoms with Crippen molar-refractivity contribution in [2.24, 2.45) is 0 Å². The molecule has 1 saturated heterocycles. The van der Waals surface area contributed by atoms with E-state index in [-0.39, 0.29) is 29.8 Å². The highest BCUT2D eigenvalue weighted by Gasteiger charge is 2.32. The fourth-order valence-corrected chi connectivity index (χ4v) is 5.33. The Hall–Kier alpha value is -2.43. The molecule has 0 radical (unpaired) electrons. The van der Waals surface area contributed by atoms with Gasteiger partial charge >= 0.3 is 0 Å². The molecule has 2 heterocycles. The summed E-state index contributed by atoms with van der Waals surface area (Å²) in [4.78, 5) is 26.5.